The van der Waals surface area contributed by atoms with Crippen molar-refractivity contribution < 1.29 is 0 Å². The Morgan fingerprint density at radius 1 is 1.00 bits per heavy atom. The molecule has 0 aromatic heterocycles. The van der Waals surface area contributed by atoms with Crippen LogP contribution in [0, 0.1) is 0 Å². The van der Waals surface area contributed by atoms with Crippen LogP contribution in [0.3, 0.4) is 0 Å². The molecule has 1 nitrogen and oxygen atoms in total. The van der Waals surface area contributed by atoms with E-state index >= 15 is 0 Å². The molecular weight excluding hydrogens is 134 g/mol. The zero-order valence-electron chi connectivity index (χ0n) is 8.70. The Bertz CT molecular complexity index is 97.4. The average molecular weight is 157 g/mol. The number of hydrogen-bond acceptors (Lipinski definition) is 1. The number of allylic oxidation sites excluding steroid dienone is 1. The fourth-order valence-corrected chi connectivity index (χ4v) is 0.204. The first-order valence-electron chi connectivity index (χ1n) is 4.43. The maximum Gasteiger partial charge on any atom is 0.0136 e. The number of rotatable bonds is 2. The minimum absolute atomic E-state index is 0.697. The van der Waals surface area contributed by atoms with Gasteiger partial charge >= 0.3 is 0 Å². The molecule has 0 saturated heterocycles. The van der Waals surface area contributed by atoms with Gasteiger partial charge in [-0.05, 0) is 20.8 Å². The van der Waals surface area contributed by atoms with Crippen LogP contribution < -0.4 is 5.73 Å². The quantitative estimate of drug-likeness (QED) is 0.612. The van der Waals surface area contributed by atoms with E-state index in [-0.39, 0.29) is 0 Å². The molecule has 0 amide bonds. The van der Waals surface area contributed by atoms with Crippen LogP contribution >= 0.6 is 0 Å². The molecule has 0 aromatic carbocycles. The van der Waals surface area contributed by atoms with Gasteiger partial charge in [0.25, 0.3) is 0 Å². The molecule has 0 aliphatic rings. The second kappa shape index (κ2) is 9.70. The van der Waals surface area contributed by atoms with E-state index < -0.39 is 0 Å². The molecule has 0 spiro atoms. The van der Waals surface area contributed by atoms with Gasteiger partial charge in [0.15, 0.2) is 0 Å². The molecule has 0 aromatic rings. The van der Waals surface area contributed by atoms with Gasteiger partial charge in [-0.25, -0.2) is 0 Å². The van der Waals surface area contributed by atoms with Crippen LogP contribution in [0.15, 0.2) is 11.1 Å². The van der Waals surface area contributed by atoms with E-state index in [1.807, 2.05) is 0 Å². The summed E-state index contributed by atoms with van der Waals surface area (Å²) in [7, 11) is 0. The second-order valence-corrected chi connectivity index (χ2v) is 2.98. The summed E-state index contributed by atoms with van der Waals surface area (Å²) in [5, 5.41) is 0. The van der Waals surface area contributed by atoms with Crippen molar-refractivity contribution in [2.24, 2.45) is 5.73 Å². The normalized spacial score (nSPS) is 8.18. The van der Waals surface area contributed by atoms with Crippen LogP contribution in [0.25, 0.3) is 0 Å². The van der Waals surface area contributed by atoms with Gasteiger partial charge < -0.3 is 5.73 Å². The Hall–Kier alpha value is -0.300. The van der Waals surface area contributed by atoms with E-state index in [4.69, 9.17) is 5.73 Å². The van der Waals surface area contributed by atoms with Crippen molar-refractivity contribution in [1.29, 1.82) is 0 Å². The van der Waals surface area contributed by atoms with Crippen molar-refractivity contribution in [2.75, 3.05) is 6.54 Å². The summed E-state index contributed by atoms with van der Waals surface area (Å²) < 4.78 is 0. The van der Waals surface area contributed by atoms with Gasteiger partial charge in [0.05, 0.1) is 0 Å². The summed E-state index contributed by atoms with van der Waals surface area (Å²) in [4.78, 5) is 0. The lowest BCUT2D eigenvalue weighted by Crippen LogP contribution is -2.00. The SMILES string of the molecule is CC(C)=C(C)CN.CCCC. The van der Waals surface area contributed by atoms with E-state index in [1.54, 1.807) is 0 Å². The van der Waals surface area contributed by atoms with Gasteiger partial charge in [-0.15, -0.1) is 0 Å². The lowest BCUT2D eigenvalue weighted by molar-refractivity contribution is 0.886. The molecule has 11 heavy (non-hydrogen) atoms. The molecule has 68 valence electrons. The van der Waals surface area contributed by atoms with E-state index in [2.05, 4.69) is 34.6 Å². The van der Waals surface area contributed by atoms with Crippen LogP contribution in [0.4, 0.5) is 0 Å². The lowest BCUT2D eigenvalue weighted by Gasteiger charge is -1.94. The van der Waals surface area contributed by atoms with Crippen LogP contribution in [0.5, 0.6) is 0 Å². The van der Waals surface area contributed by atoms with Crippen molar-refractivity contribution in [3.63, 3.8) is 0 Å². The number of nitrogens with two attached hydrogens (primary N) is 1. The van der Waals surface area contributed by atoms with Gasteiger partial charge in [0.2, 0.25) is 0 Å². The molecule has 0 aliphatic heterocycles. The summed E-state index contributed by atoms with van der Waals surface area (Å²) in [6.45, 7) is 11.3. The lowest BCUT2D eigenvalue weighted by atomic mass is 10.2. The highest BCUT2D eigenvalue weighted by Gasteiger charge is 1.83. The molecule has 0 atom stereocenters. The molecule has 0 radical (unpaired) electrons. The standard InChI is InChI=1S/C6H13N.C4H10/c1-5(2)6(3)4-7;1-3-4-2/h4,7H2,1-3H3;3-4H2,1-2H3. The zero-order chi connectivity index (χ0) is 9.28. The first kappa shape index (κ1) is 13.3. The largest absolute Gasteiger partial charge is 0.327 e. The predicted molar refractivity (Wildman–Crippen MR) is 53.7 cm³/mol. The molecule has 1 heteroatoms. The number of hydrogen-bond donors (Lipinski definition) is 1. The highest BCUT2D eigenvalue weighted by molar-refractivity contribution is 5.07. The Labute approximate surface area is 71.7 Å². The van der Waals surface area contributed by atoms with Crippen molar-refractivity contribution in [3.8, 4) is 0 Å². The van der Waals surface area contributed by atoms with Crippen LogP contribution in [-0.4, -0.2) is 6.54 Å². The smallest absolute Gasteiger partial charge is 0.0136 e. The third kappa shape index (κ3) is 12.8. The molecule has 0 unspecified atom stereocenters. The van der Waals surface area contributed by atoms with Crippen molar-refractivity contribution >= 4 is 0 Å². The van der Waals surface area contributed by atoms with Crippen molar-refractivity contribution in [1.82, 2.24) is 0 Å². The highest BCUT2D eigenvalue weighted by Crippen LogP contribution is 1.96. The van der Waals surface area contributed by atoms with Gasteiger partial charge in [-0.1, -0.05) is 37.8 Å². The summed E-state index contributed by atoms with van der Waals surface area (Å²) in [6, 6.07) is 0. The third-order valence-electron chi connectivity index (χ3n) is 1.66. The summed E-state index contributed by atoms with van der Waals surface area (Å²) in [5.74, 6) is 0. The molecule has 0 rings (SSSR count). The molecule has 0 fully saturated rings. The Kier molecular flexibility index (Phi) is 11.7. The average Bonchev–Trinajstić information content (AvgIpc) is 2.03. The van der Waals surface area contributed by atoms with Gasteiger partial charge in [-0.3, -0.25) is 0 Å². The first-order chi connectivity index (χ1) is 5.09. The minimum atomic E-state index is 0.697. The second-order valence-electron chi connectivity index (χ2n) is 2.98. The summed E-state index contributed by atoms with van der Waals surface area (Å²) in [5.41, 5.74) is 7.94. The van der Waals surface area contributed by atoms with E-state index in [0.717, 1.165) is 0 Å². The molecule has 0 saturated carbocycles. The van der Waals surface area contributed by atoms with Crippen LogP contribution in [0.2, 0.25) is 0 Å². The van der Waals surface area contributed by atoms with Gasteiger partial charge in [0, 0.05) is 6.54 Å². The third-order valence-corrected chi connectivity index (χ3v) is 1.66. The molecule has 0 aliphatic carbocycles. The molecular formula is C10H23N. The van der Waals surface area contributed by atoms with Crippen LogP contribution in [-0.2, 0) is 0 Å². The Balaban J connectivity index is 0. The van der Waals surface area contributed by atoms with Crippen LogP contribution in [0.1, 0.15) is 47.5 Å². The predicted octanol–water partition coefficient (Wildman–Crippen LogP) is 3.11. The zero-order valence-corrected chi connectivity index (χ0v) is 8.70. The summed E-state index contributed by atoms with van der Waals surface area (Å²) >= 11 is 0. The maximum absolute atomic E-state index is 5.32. The monoisotopic (exact) mass is 157 g/mol. The van der Waals surface area contributed by atoms with E-state index in [9.17, 15) is 0 Å². The van der Waals surface area contributed by atoms with Gasteiger partial charge in [0.1, 0.15) is 0 Å². The topological polar surface area (TPSA) is 26.0 Å². The van der Waals surface area contributed by atoms with E-state index in [0.29, 0.717) is 6.54 Å². The first-order valence-corrected chi connectivity index (χ1v) is 4.43. The fourth-order valence-electron chi connectivity index (χ4n) is 0.204. The molecule has 0 heterocycles. The maximum atomic E-state index is 5.32. The Morgan fingerprint density at radius 2 is 1.36 bits per heavy atom. The Morgan fingerprint density at radius 3 is 1.36 bits per heavy atom. The van der Waals surface area contributed by atoms with E-state index in [1.165, 1.54) is 24.0 Å². The molecule has 2 N–H and O–H groups in total. The van der Waals surface area contributed by atoms with Gasteiger partial charge in [-0.2, -0.15) is 0 Å². The highest BCUT2D eigenvalue weighted by atomic mass is 14.5. The molecule has 0 bridgehead atoms. The van der Waals surface area contributed by atoms with Crippen molar-refractivity contribution in [3.05, 3.63) is 11.1 Å². The van der Waals surface area contributed by atoms with Crippen molar-refractivity contribution in [2.45, 2.75) is 47.5 Å². The summed E-state index contributed by atoms with van der Waals surface area (Å²) in [6.07, 6.45) is 2.64. The number of unbranched alkanes of at least 4 members (excludes halogenated alkanes) is 1. The fraction of sp³-hybridized carbons (Fsp3) is 0.800. The minimum Gasteiger partial charge on any atom is -0.327 e.